The van der Waals surface area contributed by atoms with Gasteiger partial charge in [0.05, 0.1) is 4.90 Å². The first kappa shape index (κ1) is 22.2. The molecule has 0 saturated heterocycles. The van der Waals surface area contributed by atoms with Crippen molar-refractivity contribution in [2.45, 2.75) is 10.6 Å². The Balaban J connectivity index is 1.45. The zero-order chi connectivity index (χ0) is 21.4. The highest BCUT2D eigenvalue weighted by Gasteiger charge is 2.13. The number of hydrogen-bond acceptors (Lipinski definition) is 4. The van der Waals surface area contributed by atoms with Gasteiger partial charge in [-0.15, -0.1) is 0 Å². The van der Waals surface area contributed by atoms with Gasteiger partial charge in [-0.05, 0) is 54.1 Å². The normalized spacial score (nSPS) is 11.1. The van der Waals surface area contributed by atoms with Crippen molar-refractivity contribution in [3.05, 3.63) is 95.0 Å². The second-order valence-corrected chi connectivity index (χ2v) is 9.66. The second-order valence-electron chi connectivity index (χ2n) is 6.43. The molecule has 0 atom stereocenters. The number of carbonyl (C=O) groups is 1. The zero-order valence-electron chi connectivity index (χ0n) is 16.0. The summed E-state index contributed by atoms with van der Waals surface area (Å²) in [4.78, 5) is 12.4. The Bertz CT molecular complexity index is 1090. The first-order valence-corrected chi connectivity index (χ1v) is 12.2. The van der Waals surface area contributed by atoms with Crippen molar-refractivity contribution in [3.63, 3.8) is 0 Å². The van der Waals surface area contributed by atoms with Crippen LogP contribution < -0.4 is 10.0 Å². The molecule has 0 saturated carbocycles. The molecular weight excluding hydrogens is 440 g/mol. The molecule has 3 rings (SSSR count). The molecule has 1 amide bonds. The van der Waals surface area contributed by atoms with Gasteiger partial charge in [0.15, 0.2) is 0 Å². The van der Waals surface area contributed by atoms with Crippen LogP contribution in [0.25, 0.3) is 0 Å². The number of carbonyl (C=O) groups excluding carboxylic acids is 1. The summed E-state index contributed by atoms with van der Waals surface area (Å²) >= 11 is 7.68. The van der Waals surface area contributed by atoms with E-state index in [0.717, 1.165) is 22.1 Å². The van der Waals surface area contributed by atoms with E-state index in [4.69, 9.17) is 11.6 Å². The minimum atomic E-state index is -3.65. The number of anilines is 1. The summed E-state index contributed by atoms with van der Waals surface area (Å²) in [6.45, 7) is 0.534. The molecule has 0 spiro atoms. The van der Waals surface area contributed by atoms with Crippen molar-refractivity contribution >= 4 is 45.0 Å². The molecule has 3 aromatic rings. The monoisotopic (exact) mass is 460 g/mol. The molecule has 0 unspecified atom stereocenters. The van der Waals surface area contributed by atoms with Gasteiger partial charge in [0.25, 0.3) is 15.9 Å². The smallest absolute Gasteiger partial charge is 0.261 e. The number of sulfonamides is 1. The zero-order valence-corrected chi connectivity index (χ0v) is 18.4. The van der Waals surface area contributed by atoms with Crippen LogP contribution in [0.15, 0.2) is 83.8 Å². The van der Waals surface area contributed by atoms with E-state index in [9.17, 15) is 13.2 Å². The molecule has 0 radical (unpaired) electrons. The van der Waals surface area contributed by atoms with Crippen molar-refractivity contribution in [1.82, 2.24) is 5.32 Å². The third kappa shape index (κ3) is 6.52. The highest BCUT2D eigenvalue weighted by Crippen LogP contribution is 2.17. The first-order valence-electron chi connectivity index (χ1n) is 9.22. The summed E-state index contributed by atoms with van der Waals surface area (Å²) < 4.78 is 27.2. The Labute approximate surface area is 185 Å². The molecule has 0 aliphatic carbocycles. The van der Waals surface area contributed by atoms with Gasteiger partial charge in [0.1, 0.15) is 0 Å². The van der Waals surface area contributed by atoms with E-state index in [2.05, 4.69) is 10.0 Å². The van der Waals surface area contributed by atoms with Crippen LogP contribution in [0, 0.1) is 0 Å². The lowest BCUT2D eigenvalue weighted by atomic mass is 10.2. The van der Waals surface area contributed by atoms with Crippen molar-refractivity contribution in [2.24, 2.45) is 0 Å². The minimum Gasteiger partial charge on any atom is -0.351 e. The maximum absolute atomic E-state index is 12.3. The van der Waals surface area contributed by atoms with Gasteiger partial charge in [0, 0.05) is 34.3 Å². The van der Waals surface area contributed by atoms with Gasteiger partial charge < -0.3 is 5.32 Å². The molecule has 30 heavy (non-hydrogen) atoms. The largest absolute Gasteiger partial charge is 0.351 e. The molecule has 0 aliphatic rings. The maximum atomic E-state index is 12.3. The fraction of sp³-hybridized carbons (Fsp3) is 0.136. The molecular formula is C22H21ClN2O3S2. The summed E-state index contributed by atoms with van der Waals surface area (Å²) in [7, 11) is -3.65. The Kier molecular flexibility index (Phi) is 7.79. The van der Waals surface area contributed by atoms with Crippen LogP contribution in [0.1, 0.15) is 15.9 Å². The van der Waals surface area contributed by atoms with E-state index in [1.54, 1.807) is 54.2 Å². The highest BCUT2D eigenvalue weighted by molar-refractivity contribution is 7.98. The molecule has 0 aromatic heterocycles. The number of hydrogen-bond donors (Lipinski definition) is 2. The van der Waals surface area contributed by atoms with Crippen LogP contribution in [0.3, 0.4) is 0 Å². The number of thioether (sulfide) groups is 1. The highest BCUT2D eigenvalue weighted by atomic mass is 35.5. The van der Waals surface area contributed by atoms with Crippen molar-refractivity contribution in [1.29, 1.82) is 0 Å². The average Bonchev–Trinajstić information content (AvgIpc) is 2.74. The van der Waals surface area contributed by atoms with Crippen LogP contribution in [-0.4, -0.2) is 26.6 Å². The molecule has 0 bridgehead atoms. The van der Waals surface area contributed by atoms with Crippen LogP contribution >= 0.6 is 23.4 Å². The lowest BCUT2D eigenvalue weighted by Crippen LogP contribution is -2.25. The molecule has 0 fully saturated rings. The van der Waals surface area contributed by atoms with Crippen LogP contribution in [0.5, 0.6) is 0 Å². The Morgan fingerprint density at radius 3 is 2.37 bits per heavy atom. The predicted molar refractivity (Wildman–Crippen MR) is 124 cm³/mol. The number of halogens is 1. The minimum absolute atomic E-state index is 0.182. The van der Waals surface area contributed by atoms with Crippen LogP contribution in [-0.2, 0) is 15.8 Å². The summed E-state index contributed by atoms with van der Waals surface area (Å²) in [5.41, 5.74) is 2.01. The summed E-state index contributed by atoms with van der Waals surface area (Å²) in [5, 5.41) is 3.58. The van der Waals surface area contributed by atoms with Gasteiger partial charge in [0.2, 0.25) is 0 Å². The van der Waals surface area contributed by atoms with Crippen molar-refractivity contribution in [2.75, 3.05) is 17.0 Å². The fourth-order valence-electron chi connectivity index (χ4n) is 2.66. The molecule has 0 aliphatic heterocycles. The van der Waals surface area contributed by atoms with Gasteiger partial charge in [-0.1, -0.05) is 41.9 Å². The van der Waals surface area contributed by atoms with Crippen molar-refractivity contribution in [3.8, 4) is 0 Å². The molecule has 2 N–H and O–H groups in total. The van der Waals surface area contributed by atoms with Crippen molar-refractivity contribution < 1.29 is 13.2 Å². The van der Waals surface area contributed by atoms with Gasteiger partial charge in [-0.3, -0.25) is 9.52 Å². The summed E-state index contributed by atoms with van der Waals surface area (Å²) in [6, 6.07) is 22.2. The molecule has 8 heteroatoms. The topological polar surface area (TPSA) is 75.3 Å². The molecule has 0 heterocycles. The Morgan fingerprint density at radius 1 is 0.933 bits per heavy atom. The summed E-state index contributed by atoms with van der Waals surface area (Å²) in [6.07, 6.45) is 0. The second kappa shape index (κ2) is 10.5. The van der Waals surface area contributed by atoms with Gasteiger partial charge >= 0.3 is 0 Å². The van der Waals surface area contributed by atoms with E-state index >= 15 is 0 Å². The van der Waals surface area contributed by atoms with E-state index in [0.29, 0.717) is 17.8 Å². The maximum Gasteiger partial charge on any atom is 0.261 e. The first-order chi connectivity index (χ1) is 14.4. The average molecular weight is 461 g/mol. The molecule has 3 aromatic carbocycles. The Hall–Kier alpha value is -2.48. The predicted octanol–water partition coefficient (Wildman–Crippen LogP) is 4.80. The number of rotatable bonds is 9. The van der Waals surface area contributed by atoms with Gasteiger partial charge in [-0.2, -0.15) is 11.8 Å². The third-order valence-corrected chi connectivity index (χ3v) is 6.81. The quantitative estimate of drug-likeness (QED) is 0.449. The van der Waals surface area contributed by atoms with Crippen LogP contribution in [0.4, 0.5) is 5.69 Å². The van der Waals surface area contributed by atoms with E-state index in [1.807, 2.05) is 24.3 Å². The third-order valence-electron chi connectivity index (χ3n) is 4.14. The SMILES string of the molecule is O=C(NCCSCc1cccc(Cl)c1)c1ccc(NS(=O)(=O)c2ccccc2)cc1. The lowest BCUT2D eigenvalue weighted by Gasteiger charge is -2.09. The Morgan fingerprint density at radius 2 is 1.67 bits per heavy atom. The fourth-order valence-corrected chi connectivity index (χ4v) is 4.76. The molecule has 156 valence electrons. The van der Waals surface area contributed by atoms with E-state index in [-0.39, 0.29) is 10.8 Å². The summed E-state index contributed by atoms with van der Waals surface area (Å²) in [5.74, 6) is 1.40. The standard InChI is InChI=1S/C22H21ClN2O3S2/c23-19-6-4-5-17(15-19)16-29-14-13-24-22(26)18-9-11-20(12-10-18)25-30(27,28)21-7-2-1-3-8-21/h1-12,15,25H,13-14,16H2,(H,24,26). The molecule has 5 nitrogen and oxygen atoms in total. The number of benzene rings is 3. The van der Waals surface area contributed by atoms with Gasteiger partial charge in [-0.25, -0.2) is 8.42 Å². The number of nitrogens with one attached hydrogen (secondary N) is 2. The van der Waals surface area contributed by atoms with Crippen LogP contribution in [0.2, 0.25) is 5.02 Å². The van der Waals surface area contributed by atoms with E-state index in [1.165, 1.54) is 12.1 Å². The lowest BCUT2D eigenvalue weighted by molar-refractivity contribution is 0.0956. The number of amides is 1. The van der Waals surface area contributed by atoms with E-state index < -0.39 is 10.0 Å².